The molecule has 0 aliphatic rings. The Kier molecular flexibility index (Phi) is 6.93. The van der Waals surface area contributed by atoms with Crippen LogP contribution in [-0.4, -0.2) is 40.1 Å². The number of ether oxygens (including phenoxy) is 1. The fourth-order valence-electron chi connectivity index (χ4n) is 2.24. The van der Waals surface area contributed by atoms with Gasteiger partial charge in [-0.1, -0.05) is 28.9 Å². The average Bonchev–Trinajstić information content (AvgIpc) is 2.63. The Balaban J connectivity index is 2.28. The van der Waals surface area contributed by atoms with E-state index in [2.05, 4.69) is 20.8 Å². The minimum Gasteiger partial charge on any atom is -0.450 e. The fraction of sp³-hybridized carbons (Fsp3) is 0.188. The average molecular weight is 409 g/mol. The van der Waals surface area contributed by atoms with Crippen molar-refractivity contribution in [3.05, 3.63) is 51.0 Å². The Morgan fingerprint density at radius 2 is 2.11 bits per heavy atom. The van der Waals surface area contributed by atoms with Crippen LogP contribution in [0.25, 0.3) is 0 Å². The van der Waals surface area contributed by atoms with Crippen LogP contribution < -0.4 is 16.4 Å². The summed E-state index contributed by atoms with van der Waals surface area (Å²) in [6.07, 6.45) is -0.784. The maximum atomic E-state index is 11.5. The van der Waals surface area contributed by atoms with E-state index in [0.29, 0.717) is 10.6 Å². The molecule has 1 aromatic carbocycles. The molecule has 1 heterocycles. The molecule has 11 nitrogen and oxygen atoms in total. The van der Waals surface area contributed by atoms with Crippen molar-refractivity contribution in [3.8, 4) is 0 Å². The number of nitrogens with two attached hydrogens (primary N) is 1. The molecule has 0 aliphatic carbocycles. The lowest BCUT2D eigenvalue weighted by molar-refractivity contribution is -0.383. The highest BCUT2D eigenvalue weighted by Crippen LogP contribution is 2.32. The van der Waals surface area contributed by atoms with Crippen LogP contribution >= 0.6 is 11.6 Å². The molecule has 148 valence electrons. The third-order valence-corrected chi connectivity index (χ3v) is 3.70. The highest BCUT2D eigenvalue weighted by molar-refractivity contribution is 6.30. The van der Waals surface area contributed by atoms with Gasteiger partial charge in [0.25, 0.3) is 0 Å². The van der Waals surface area contributed by atoms with Crippen molar-refractivity contribution < 1.29 is 19.7 Å². The van der Waals surface area contributed by atoms with Crippen molar-refractivity contribution in [1.82, 2.24) is 4.98 Å². The predicted molar refractivity (Wildman–Crippen MR) is 104 cm³/mol. The maximum absolute atomic E-state index is 11.5. The second-order valence-electron chi connectivity index (χ2n) is 5.30. The molecule has 5 N–H and O–H groups in total. The molecule has 0 bridgehead atoms. The topological polar surface area (TPSA) is 165 Å². The summed E-state index contributed by atoms with van der Waals surface area (Å²) in [7, 11) is 0. The molecule has 2 aromatic rings. The van der Waals surface area contributed by atoms with E-state index in [1.54, 1.807) is 31.2 Å². The molecule has 1 aromatic heterocycles. The van der Waals surface area contributed by atoms with Gasteiger partial charge in [0.15, 0.2) is 0 Å². The SMILES string of the molecule is CCOC(=O)Nc1cc(NCC(=NO)c2ccc(Cl)cc2)c([N+](=O)[O-])c(N)n1. The molecule has 2 rings (SSSR count). The second-order valence-corrected chi connectivity index (χ2v) is 5.74. The molecule has 28 heavy (non-hydrogen) atoms. The number of nitrogens with one attached hydrogen (secondary N) is 2. The summed E-state index contributed by atoms with van der Waals surface area (Å²) in [5.41, 5.74) is 5.89. The number of benzene rings is 1. The van der Waals surface area contributed by atoms with Crippen LogP contribution in [0.1, 0.15) is 12.5 Å². The van der Waals surface area contributed by atoms with Gasteiger partial charge in [-0.3, -0.25) is 15.4 Å². The zero-order chi connectivity index (χ0) is 20.7. The van der Waals surface area contributed by atoms with E-state index in [1.165, 1.54) is 6.07 Å². The summed E-state index contributed by atoms with van der Waals surface area (Å²) in [5.74, 6) is -0.450. The number of hydrogen-bond donors (Lipinski definition) is 4. The molecule has 0 saturated carbocycles. The van der Waals surface area contributed by atoms with Crippen molar-refractivity contribution in [3.63, 3.8) is 0 Å². The molecule has 0 aliphatic heterocycles. The molecule has 0 fully saturated rings. The normalized spacial score (nSPS) is 11.0. The van der Waals surface area contributed by atoms with Gasteiger partial charge in [0.1, 0.15) is 17.2 Å². The Morgan fingerprint density at radius 3 is 2.68 bits per heavy atom. The third-order valence-electron chi connectivity index (χ3n) is 3.45. The van der Waals surface area contributed by atoms with E-state index in [4.69, 9.17) is 22.1 Å². The van der Waals surface area contributed by atoms with Crippen LogP contribution in [0, 0.1) is 10.1 Å². The van der Waals surface area contributed by atoms with Gasteiger partial charge in [-0.05, 0) is 19.1 Å². The van der Waals surface area contributed by atoms with Crippen LogP contribution in [0.5, 0.6) is 0 Å². The van der Waals surface area contributed by atoms with Gasteiger partial charge in [0.2, 0.25) is 5.82 Å². The fourth-order valence-corrected chi connectivity index (χ4v) is 2.36. The van der Waals surface area contributed by atoms with Crippen LogP contribution in [0.4, 0.5) is 27.8 Å². The van der Waals surface area contributed by atoms with Gasteiger partial charge in [0, 0.05) is 16.7 Å². The van der Waals surface area contributed by atoms with Crippen molar-refractivity contribution in [2.45, 2.75) is 6.92 Å². The number of pyridine rings is 1. The summed E-state index contributed by atoms with van der Waals surface area (Å²) in [6.45, 7) is 1.68. The maximum Gasteiger partial charge on any atom is 0.412 e. The smallest absolute Gasteiger partial charge is 0.412 e. The number of amides is 1. The van der Waals surface area contributed by atoms with Crippen LogP contribution in [0.2, 0.25) is 5.02 Å². The van der Waals surface area contributed by atoms with Gasteiger partial charge in [-0.2, -0.15) is 0 Å². The molecule has 12 heteroatoms. The first-order valence-electron chi connectivity index (χ1n) is 7.95. The van der Waals surface area contributed by atoms with E-state index in [-0.39, 0.29) is 30.4 Å². The Morgan fingerprint density at radius 1 is 1.43 bits per heavy atom. The number of carbonyl (C=O) groups is 1. The lowest BCUT2D eigenvalue weighted by Crippen LogP contribution is -2.18. The molecule has 0 saturated heterocycles. The van der Waals surface area contributed by atoms with E-state index < -0.39 is 22.5 Å². The molecule has 1 amide bonds. The number of halogens is 1. The van der Waals surface area contributed by atoms with Crippen molar-refractivity contribution in [1.29, 1.82) is 0 Å². The van der Waals surface area contributed by atoms with E-state index in [0.717, 1.165) is 0 Å². The van der Waals surface area contributed by atoms with Gasteiger partial charge in [0.05, 0.1) is 18.1 Å². The number of nitro groups is 1. The van der Waals surface area contributed by atoms with Gasteiger partial charge in [-0.15, -0.1) is 0 Å². The Labute approximate surface area is 164 Å². The number of oxime groups is 1. The van der Waals surface area contributed by atoms with Crippen LogP contribution in [0.15, 0.2) is 35.5 Å². The summed E-state index contributed by atoms with van der Waals surface area (Å²) in [6, 6.07) is 7.69. The Bertz CT molecular complexity index is 903. The first-order chi connectivity index (χ1) is 13.3. The van der Waals surface area contributed by atoms with E-state index in [1.807, 2.05) is 0 Å². The third kappa shape index (κ3) is 5.20. The van der Waals surface area contributed by atoms with E-state index in [9.17, 15) is 20.1 Å². The zero-order valence-electron chi connectivity index (χ0n) is 14.7. The highest BCUT2D eigenvalue weighted by Gasteiger charge is 2.22. The Hall–Kier alpha value is -3.60. The number of rotatable bonds is 7. The molecule has 0 atom stereocenters. The minimum absolute atomic E-state index is 0.0283. The van der Waals surface area contributed by atoms with Crippen molar-refractivity contribution in [2.75, 3.05) is 29.5 Å². The monoisotopic (exact) mass is 408 g/mol. The second kappa shape index (κ2) is 9.37. The first kappa shape index (κ1) is 20.7. The summed E-state index contributed by atoms with van der Waals surface area (Å²) in [5, 5.41) is 29.4. The quantitative estimate of drug-likeness (QED) is 0.235. The first-order valence-corrected chi connectivity index (χ1v) is 8.33. The molecule has 0 radical (unpaired) electrons. The van der Waals surface area contributed by atoms with Crippen LogP contribution in [0.3, 0.4) is 0 Å². The largest absolute Gasteiger partial charge is 0.450 e. The summed E-state index contributed by atoms with van der Waals surface area (Å²) < 4.78 is 4.74. The number of anilines is 3. The standard InChI is InChI=1S/C16H17ClN6O5/c1-2-28-16(24)21-13-7-11(14(23(26)27)15(18)20-13)19-8-12(22-25)9-3-5-10(17)6-4-9/h3-7,25H,2,8H2,1H3,(H4,18,19,20,21,24). The van der Waals surface area contributed by atoms with Crippen LogP contribution in [-0.2, 0) is 4.74 Å². The van der Waals surface area contributed by atoms with Crippen molar-refractivity contribution in [2.24, 2.45) is 5.16 Å². The van der Waals surface area contributed by atoms with Gasteiger partial charge < -0.3 is 21.0 Å². The molecule has 0 spiro atoms. The number of nitrogen functional groups attached to an aromatic ring is 1. The summed E-state index contributed by atoms with van der Waals surface area (Å²) in [4.78, 5) is 26.0. The lowest BCUT2D eigenvalue weighted by atomic mass is 10.1. The summed E-state index contributed by atoms with van der Waals surface area (Å²) >= 11 is 5.83. The number of aromatic nitrogens is 1. The molecular formula is C16H17ClN6O5. The van der Waals surface area contributed by atoms with Gasteiger partial charge >= 0.3 is 11.8 Å². The minimum atomic E-state index is -0.784. The lowest BCUT2D eigenvalue weighted by Gasteiger charge is -2.12. The number of carbonyl (C=O) groups excluding carboxylic acids is 1. The van der Waals surface area contributed by atoms with E-state index >= 15 is 0 Å². The highest BCUT2D eigenvalue weighted by atomic mass is 35.5. The molecule has 0 unspecified atom stereocenters. The van der Waals surface area contributed by atoms with Gasteiger partial charge in [-0.25, -0.2) is 9.78 Å². The number of hydrogen-bond acceptors (Lipinski definition) is 9. The predicted octanol–water partition coefficient (Wildman–Crippen LogP) is 3.08. The molecular weight excluding hydrogens is 392 g/mol. The van der Waals surface area contributed by atoms with Crippen molar-refractivity contribution >= 4 is 46.4 Å². The zero-order valence-corrected chi connectivity index (χ0v) is 15.4. The number of nitrogens with zero attached hydrogens (tertiary/aromatic N) is 3.